The standard InChI is InChI=1S/C7H12NO8P/c1-3(5(8)6(10)11)15-7(12)4(2-9)16-17(13)14/h3-5,9H,2,8H2,1H3,(H,10,11)/t3-,4?,5+/m1/s1. The Morgan fingerprint density at radius 3 is 2.41 bits per heavy atom. The summed E-state index contributed by atoms with van der Waals surface area (Å²) >= 11 is 0. The van der Waals surface area contributed by atoms with Crippen LogP contribution in [0.25, 0.3) is 0 Å². The number of esters is 1. The van der Waals surface area contributed by atoms with Gasteiger partial charge in [-0.3, -0.25) is 4.79 Å². The van der Waals surface area contributed by atoms with Gasteiger partial charge in [-0.05, 0) is 11.5 Å². The minimum absolute atomic E-state index is 0.919. The van der Waals surface area contributed by atoms with Crippen molar-refractivity contribution in [2.45, 2.75) is 25.2 Å². The molecule has 0 aliphatic carbocycles. The summed E-state index contributed by atoms with van der Waals surface area (Å²) in [5, 5.41) is 17.2. The van der Waals surface area contributed by atoms with Crippen LogP contribution in [0.2, 0.25) is 0 Å². The number of carboxylic acids is 1. The molecular formula is C7H12NO8P. The SMILES string of the molecule is C[C@@H](OC(=O)C(CO)O[P+](=O)[O-])[C@H](N)C(=O)O. The maximum atomic E-state index is 11.2. The van der Waals surface area contributed by atoms with Gasteiger partial charge in [-0.25, -0.2) is 4.79 Å². The fourth-order valence-corrected chi connectivity index (χ4v) is 1.15. The minimum atomic E-state index is -3.34. The van der Waals surface area contributed by atoms with Gasteiger partial charge in [0.15, 0.2) is 0 Å². The highest BCUT2D eigenvalue weighted by Crippen LogP contribution is 2.14. The maximum Gasteiger partial charge on any atom is 0.489 e. The number of aliphatic hydroxyl groups excluding tert-OH is 1. The Morgan fingerprint density at radius 1 is 1.53 bits per heavy atom. The summed E-state index contributed by atoms with van der Waals surface area (Å²) in [5.41, 5.74) is 5.15. The van der Waals surface area contributed by atoms with Crippen molar-refractivity contribution in [1.82, 2.24) is 0 Å². The fourth-order valence-electron chi connectivity index (χ4n) is 0.788. The molecular weight excluding hydrogens is 257 g/mol. The molecule has 0 saturated heterocycles. The van der Waals surface area contributed by atoms with Crippen LogP contribution in [0.1, 0.15) is 6.92 Å². The van der Waals surface area contributed by atoms with Crippen LogP contribution < -0.4 is 10.6 Å². The zero-order valence-electron chi connectivity index (χ0n) is 8.81. The number of aliphatic hydroxyl groups is 1. The van der Waals surface area contributed by atoms with E-state index >= 15 is 0 Å². The van der Waals surface area contributed by atoms with E-state index in [0.29, 0.717) is 0 Å². The van der Waals surface area contributed by atoms with Gasteiger partial charge in [0, 0.05) is 0 Å². The smallest absolute Gasteiger partial charge is 0.489 e. The maximum absolute atomic E-state index is 11.2. The van der Waals surface area contributed by atoms with Crippen LogP contribution in [-0.4, -0.2) is 47.0 Å². The second-order valence-corrected chi connectivity index (χ2v) is 3.66. The Balaban J connectivity index is 4.40. The third-order valence-electron chi connectivity index (χ3n) is 1.73. The highest BCUT2D eigenvalue weighted by atomic mass is 31.1. The summed E-state index contributed by atoms with van der Waals surface area (Å²) in [6.07, 6.45) is -2.92. The van der Waals surface area contributed by atoms with E-state index in [2.05, 4.69) is 9.26 Å². The quantitative estimate of drug-likeness (QED) is 0.342. The van der Waals surface area contributed by atoms with Crippen LogP contribution in [0.5, 0.6) is 0 Å². The van der Waals surface area contributed by atoms with Crippen LogP contribution >= 0.6 is 8.25 Å². The molecule has 0 rings (SSSR count). The van der Waals surface area contributed by atoms with Gasteiger partial charge in [-0.2, -0.15) is 0 Å². The van der Waals surface area contributed by atoms with Crippen molar-refractivity contribution in [3.05, 3.63) is 0 Å². The molecule has 9 nitrogen and oxygen atoms in total. The number of hydrogen-bond donors (Lipinski definition) is 3. The molecule has 0 saturated carbocycles. The lowest BCUT2D eigenvalue weighted by Crippen LogP contribution is -2.44. The van der Waals surface area contributed by atoms with Crippen molar-refractivity contribution in [3.8, 4) is 0 Å². The van der Waals surface area contributed by atoms with Gasteiger partial charge in [0.2, 0.25) is 6.10 Å². The van der Waals surface area contributed by atoms with Crippen LogP contribution in [0, 0.1) is 0 Å². The summed E-state index contributed by atoms with van der Waals surface area (Å²) < 4.78 is 18.8. The molecule has 0 aromatic heterocycles. The largest absolute Gasteiger partial charge is 0.566 e. The summed E-state index contributed by atoms with van der Waals surface area (Å²) in [6, 6.07) is -1.46. The fraction of sp³-hybridized carbons (Fsp3) is 0.714. The Kier molecular flexibility index (Phi) is 6.78. The Labute approximate surface area is 97.1 Å². The van der Waals surface area contributed by atoms with Crippen molar-refractivity contribution >= 4 is 20.2 Å². The monoisotopic (exact) mass is 269 g/mol. The van der Waals surface area contributed by atoms with E-state index in [1.54, 1.807) is 0 Å². The first-order valence-electron chi connectivity index (χ1n) is 4.40. The lowest BCUT2D eigenvalue weighted by molar-refractivity contribution is -0.196. The predicted octanol–water partition coefficient (Wildman–Crippen LogP) is -2.27. The van der Waals surface area contributed by atoms with Gasteiger partial charge >= 0.3 is 20.2 Å². The molecule has 98 valence electrons. The van der Waals surface area contributed by atoms with E-state index in [4.69, 9.17) is 15.9 Å². The minimum Gasteiger partial charge on any atom is -0.566 e. The molecule has 0 spiro atoms. The molecule has 0 radical (unpaired) electrons. The molecule has 2 unspecified atom stereocenters. The molecule has 4 atom stereocenters. The zero-order chi connectivity index (χ0) is 13.6. The first-order chi connectivity index (χ1) is 7.79. The summed E-state index contributed by atoms with van der Waals surface area (Å²) in [4.78, 5) is 31.8. The van der Waals surface area contributed by atoms with E-state index in [1.807, 2.05) is 0 Å². The summed E-state index contributed by atoms with van der Waals surface area (Å²) in [7, 11) is -3.34. The second-order valence-electron chi connectivity index (χ2n) is 3.01. The third kappa shape index (κ3) is 5.66. The molecule has 4 N–H and O–H groups in total. The Bertz CT molecular complexity index is 308. The molecule has 17 heavy (non-hydrogen) atoms. The van der Waals surface area contributed by atoms with Gasteiger partial charge in [0.25, 0.3) is 0 Å². The molecule has 0 bridgehead atoms. The van der Waals surface area contributed by atoms with Crippen LogP contribution in [0.15, 0.2) is 0 Å². The average Bonchev–Trinajstić information content (AvgIpc) is 2.23. The first kappa shape index (κ1) is 15.9. The molecule has 0 aliphatic heterocycles. The van der Waals surface area contributed by atoms with Gasteiger partial charge in [0.05, 0.1) is 6.61 Å². The second kappa shape index (κ2) is 7.25. The van der Waals surface area contributed by atoms with Crippen molar-refractivity contribution in [2.24, 2.45) is 5.73 Å². The summed E-state index contributed by atoms with van der Waals surface area (Å²) in [5.74, 6) is -2.60. The van der Waals surface area contributed by atoms with Crippen molar-refractivity contribution in [1.29, 1.82) is 0 Å². The van der Waals surface area contributed by atoms with Gasteiger partial charge < -0.3 is 25.6 Å². The van der Waals surface area contributed by atoms with Crippen molar-refractivity contribution in [3.63, 3.8) is 0 Å². The molecule has 0 fully saturated rings. The number of carbonyl (C=O) groups is 2. The van der Waals surface area contributed by atoms with Gasteiger partial charge in [-0.1, -0.05) is 0 Å². The predicted molar refractivity (Wildman–Crippen MR) is 50.7 cm³/mol. The van der Waals surface area contributed by atoms with Crippen LogP contribution in [-0.2, 0) is 23.4 Å². The van der Waals surface area contributed by atoms with Crippen molar-refractivity contribution in [2.75, 3.05) is 6.61 Å². The lowest BCUT2D eigenvalue weighted by Gasteiger charge is -2.18. The average molecular weight is 269 g/mol. The number of nitrogens with two attached hydrogens (primary N) is 1. The number of carboxylic acid groups (broad SMARTS) is 1. The molecule has 10 heteroatoms. The number of rotatable bonds is 7. The van der Waals surface area contributed by atoms with Crippen molar-refractivity contribution < 1.29 is 38.5 Å². The molecule has 0 aliphatic rings. The highest BCUT2D eigenvalue weighted by molar-refractivity contribution is 7.30. The Hall–Kier alpha value is -1.12. The van der Waals surface area contributed by atoms with Gasteiger partial charge in [0.1, 0.15) is 12.1 Å². The third-order valence-corrected chi connectivity index (χ3v) is 2.16. The van der Waals surface area contributed by atoms with E-state index in [1.165, 1.54) is 6.92 Å². The first-order valence-corrected chi connectivity index (χ1v) is 5.50. The topological polar surface area (TPSA) is 159 Å². The number of aliphatic carboxylic acids is 1. The van der Waals surface area contributed by atoms with E-state index in [-0.39, 0.29) is 0 Å². The van der Waals surface area contributed by atoms with E-state index < -0.39 is 45.1 Å². The number of carbonyl (C=O) groups excluding carboxylic acids is 1. The molecule has 0 aromatic rings. The number of hydrogen-bond acceptors (Lipinski definition) is 8. The van der Waals surface area contributed by atoms with E-state index in [9.17, 15) is 19.0 Å². The van der Waals surface area contributed by atoms with Crippen LogP contribution in [0.3, 0.4) is 0 Å². The normalized spacial score (nSPS) is 16.8. The van der Waals surface area contributed by atoms with E-state index in [0.717, 1.165) is 0 Å². The van der Waals surface area contributed by atoms with Gasteiger partial charge in [-0.15, -0.1) is 4.52 Å². The highest BCUT2D eigenvalue weighted by Gasteiger charge is 2.31. The lowest BCUT2D eigenvalue weighted by atomic mass is 10.2. The zero-order valence-corrected chi connectivity index (χ0v) is 9.70. The molecule has 0 heterocycles. The summed E-state index contributed by atoms with van der Waals surface area (Å²) in [6.45, 7) is 0.291. The molecule has 0 aromatic carbocycles. The molecule has 0 amide bonds. The number of ether oxygens (including phenoxy) is 1. The Morgan fingerprint density at radius 2 is 2.06 bits per heavy atom. The van der Waals surface area contributed by atoms with Crippen LogP contribution in [0.4, 0.5) is 0 Å².